The van der Waals surface area contributed by atoms with Gasteiger partial charge in [-0.05, 0) is 67.7 Å². The SMILES string of the molecule is CCCN(CCCCNC(=O)c1ccc(-c2ccccc2)cc1)[C@@H]1COc2c(OC)cccc2C1=O. The van der Waals surface area contributed by atoms with Crippen LogP contribution in [-0.4, -0.2) is 56.0 Å². The molecule has 0 saturated carbocycles. The average molecular weight is 487 g/mol. The van der Waals surface area contributed by atoms with Crippen LogP contribution in [0.4, 0.5) is 0 Å². The first kappa shape index (κ1) is 25.5. The maximum atomic E-state index is 13.2. The van der Waals surface area contributed by atoms with Crippen LogP contribution in [0.5, 0.6) is 11.5 Å². The maximum absolute atomic E-state index is 13.2. The third kappa shape index (κ3) is 5.94. The van der Waals surface area contributed by atoms with E-state index >= 15 is 0 Å². The van der Waals surface area contributed by atoms with Gasteiger partial charge in [0.15, 0.2) is 17.3 Å². The molecule has 6 nitrogen and oxygen atoms in total. The highest BCUT2D eigenvalue weighted by Crippen LogP contribution is 2.35. The Balaban J connectivity index is 1.26. The summed E-state index contributed by atoms with van der Waals surface area (Å²) in [6.07, 6.45) is 2.66. The number of methoxy groups -OCH3 is 1. The molecule has 1 aliphatic heterocycles. The lowest BCUT2D eigenvalue weighted by Crippen LogP contribution is -2.48. The predicted octanol–water partition coefficient (Wildman–Crippen LogP) is 5.23. The number of amides is 1. The minimum Gasteiger partial charge on any atom is -0.493 e. The number of para-hydroxylation sites is 1. The zero-order valence-electron chi connectivity index (χ0n) is 21.0. The molecular weight excluding hydrogens is 452 g/mol. The van der Waals surface area contributed by atoms with Gasteiger partial charge in [0.2, 0.25) is 0 Å². The zero-order valence-corrected chi connectivity index (χ0v) is 21.0. The minimum absolute atomic E-state index is 0.0681. The number of Topliss-reactive ketones (excluding diaryl/α,β-unsaturated/α-hetero) is 1. The van der Waals surface area contributed by atoms with Crippen molar-refractivity contribution in [3.05, 3.63) is 83.9 Å². The number of benzene rings is 3. The second-order valence-electron chi connectivity index (χ2n) is 8.97. The molecule has 3 aromatic carbocycles. The van der Waals surface area contributed by atoms with E-state index in [1.165, 1.54) is 0 Å². The summed E-state index contributed by atoms with van der Waals surface area (Å²) in [5.74, 6) is 1.14. The van der Waals surface area contributed by atoms with Crippen molar-refractivity contribution in [2.24, 2.45) is 0 Å². The van der Waals surface area contributed by atoms with Crippen molar-refractivity contribution in [1.29, 1.82) is 0 Å². The van der Waals surface area contributed by atoms with Gasteiger partial charge >= 0.3 is 0 Å². The Labute approximate surface area is 213 Å². The molecule has 6 heteroatoms. The number of carbonyl (C=O) groups excluding carboxylic acids is 2. The van der Waals surface area contributed by atoms with Gasteiger partial charge in [-0.15, -0.1) is 0 Å². The topological polar surface area (TPSA) is 67.9 Å². The van der Waals surface area contributed by atoms with Crippen LogP contribution < -0.4 is 14.8 Å². The molecule has 0 unspecified atom stereocenters. The smallest absolute Gasteiger partial charge is 0.251 e. The highest BCUT2D eigenvalue weighted by Gasteiger charge is 2.34. The van der Waals surface area contributed by atoms with Gasteiger partial charge in [0, 0.05) is 12.1 Å². The number of carbonyl (C=O) groups is 2. The van der Waals surface area contributed by atoms with Crippen molar-refractivity contribution < 1.29 is 19.1 Å². The first-order chi connectivity index (χ1) is 17.6. The van der Waals surface area contributed by atoms with E-state index in [2.05, 4.69) is 29.3 Å². The van der Waals surface area contributed by atoms with E-state index in [4.69, 9.17) is 9.47 Å². The van der Waals surface area contributed by atoms with Gasteiger partial charge in [0.05, 0.1) is 12.7 Å². The van der Waals surface area contributed by atoms with Gasteiger partial charge < -0.3 is 14.8 Å². The van der Waals surface area contributed by atoms with Crippen LogP contribution in [0.1, 0.15) is 46.9 Å². The number of ketones is 1. The summed E-state index contributed by atoms with van der Waals surface area (Å²) >= 11 is 0. The van der Waals surface area contributed by atoms with Gasteiger partial charge in [-0.25, -0.2) is 0 Å². The number of hydrogen-bond acceptors (Lipinski definition) is 5. The highest BCUT2D eigenvalue weighted by atomic mass is 16.5. The highest BCUT2D eigenvalue weighted by molar-refractivity contribution is 6.04. The third-order valence-corrected chi connectivity index (χ3v) is 6.52. The Morgan fingerprint density at radius 2 is 1.72 bits per heavy atom. The Kier molecular flexibility index (Phi) is 8.74. The van der Waals surface area contributed by atoms with Crippen LogP contribution in [-0.2, 0) is 0 Å². The van der Waals surface area contributed by atoms with Gasteiger partial charge in [-0.2, -0.15) is 0 Å². The number of nitrogens with zero attached hydrogens (tertiary/aromatic N) is 1. The molecule has 0 spiro atoms. The summed E-state index contributed by atoms with van der Waals surface area (Å²) in [5.41, 5.74) is 3.45. The van der Waals surface area contributed by atoms with Gasteiger partial charge in [-0.1, -0.05) is 55.5 Å². The van der Waals surface area contributed by atoms with E-state index in [1.54, 1.807) is 13.2 Å². The largest absolute Gasteiger partial charge is 0.493 e. The van der Waals surface area contributed by atoms with Crippen LogP contribution in [0.3, 0.4) is 0 Å². The second kappa shape index (κ2) is 12.4. The third-order valence-electron chi connectivity index (χ3n) is 6.52. The lowest BCUT2D eigenvalue weighted by atomic mass is 9.98. The summed E-state index contributed by atoms with van der Waals surface area (Å²) in [5, 5.41) is 3.01. The molecule has 0 aliphatic carbocycles. The summed E-state index contributed by atoms with van der Waals surface area (Å²) in [6, 6.07) is 22.9. The van der Waals surface area contributed by atoms with Crippen LogP contribution in [0.2, 0.25) is 0 Å². The van der Waals surface area contributed by atoms with Crippen molar-refractivity contribution in [3.63, 3.8) is 0 Å². The van der Waals surface area contributed by atoms with Crippen molar-refractivity contribution >= 4 is 11.7 Å². The van der Waals surface area contributed by atoms with E-state index in [-0.39, 0.29) is 17.7 Å². The normalized spacial score (nSPS) is 14.8. The van der Waals surface area contributed by atoms with Gasteiger partial charge in [0.1, 0.15) is 12.6 Å². The lowest BCUT2D eigenvalue weighted by molar-refractivity contribution is 0.0659. The maximum Gasteiger partial charge on any atom is 0.251 e. The van der Waals surface area contributed by atoms with E-state index in [1.807, 2.05) is 54.6 Å². The van der Waals surface area contributed by atoms with Crippen LogP contribution in [0.15, 0.2) is 72.8 Å². The number of unbranched alkanes of at least 4 members (excludes halogenated alkanes) is 1. The summed E-state index contributed by atoms with van der Waals surface area (Å²) in [6.45, 7) is 4.62. The van der Waals surface area contributed by atoms with Crippen LogP contribution in [0.25, 0.3) is 11.1 Å². The van der Waals surface area contributed by atoms with E-state index in [0.29, 0.717) is 35.8 Å². The zero-order chi connectivity index (χ0) is 25.3. The fraction of sp³-hybridized carbons (Fsp3) is 0.333. The van der Waals surface area contributed by atoms with Crippen LogP contribution in [0, 0.1) is 0 Å². The second-order valence-corrected chi connectivity index (χ2v) is 8.97. The Morgan fingerprint density at radius 3 is 2.44 bits per heavy atom. The summed E-state index contributed by atoms with van der Waals surface area (Å²) in [4.78, 5) is 28.0. The number of fused-ring (bicyclic) bond motifs is 1. The molecule has 0 radical (unpaired) electrons. The number of hydrogen-bond donors (Lipinski definition) is 1. The number of ether oxygens (including phenoxy) is 2. The molecule has 0 aromatic heterocycles. The summed E-state index contributed by atoms with van der Waals surface area (Å²) < 4.78 is 11.3. The predicted molar refractivity (Wildman–Crippen MR) is 142 cm³/mol. The molecule has 1 aliphatic rings. The molecule has 1 heterocycles. The first-order valence-electron chi connectivity index (χ1n) is 12.6. The quantitative estimate of drug-likeness (QED) is 0.376. The average Bonchev–Trinajstić information content (AvgIpc) is 2.93. The van der Waals surface area contributed by atoms with Gasteiger partial charge in [0.25, 0.3) is 5.91 Å². The monoisotopic (exact) mass is 486 g/mol. The molecule has 0 saturated heterocycles. The molecule has 1 N–H and O–H groups in total. The lowest BCUT2D eigenvalue weighted by Gasteiger charge is -2.34. The van der Waals surface area contributed by atoms with Crippen molar-refractivity contribution in [2.45, 2.75) is 32.2 Å². The first-order valence-corrected chi connectivity index (χ1v) is 12.6. The Bertz CT molecular complexity index is 1160. The van der Waals surface area contributed by atoms with Crippen LogP contribution >= 0.6 is 0 Å². The molecular formula is C30H34N2O4. The molecule has 1 amide bonds. The minimum atomic E-state index is -0.303. The molecule has 4 rings (SSSR count). The standard InChI is InChI=1S/C30H34N2O4/c1-3-19-32(26-21-36-29-25(28(26)33)12-9-13-27(29)35-2)20-8-7-18-31-30(34)24-16-14-23(15-17-24)22-10-5-4-6-11-22/h4-6,9-17,26H,3,7-8,18-21H2,1-2H3,(H,31,34)/t26-/m1/s1. The molecule has 188 valence electrons. The van der Waals surface area contributed by atoms with Crippen molar-refractivity contribution in [2.75, 3.05) is 33.4 Å². The van der Waals surface area contributed by atoms with Crippen molar-refractivity contribution in [3.8, 4) is 22.6 Å². The summed E-state index contributed by atoms with van der Waals surface area (Å²) in [7, 11) is 1.58. The van der Waals surface area contributed by atoms with E-state index < -0.39 is 0 Å². The number of nitrogens with one attached hydrogen (secondary N) is 1. The fourth-order valence-electron chi connectivity index (χ4n) is 4.61. The van der Waals surface area contributed by atoms with Crippen molar-refractivity contribution in [1.82, 2.24) is 10.2 Å². The number of rotatable bonds is 11. The van der Waals surface area contributed by atoms with Gasteiger partial charge in [-0.3, -0.25) is 14.5 Å². The molecule has 0 fully saturated rings. The van der Waals surface area contributed by atoms with E-state index in [0.717, 1.165) is 43.5 Å². The molecule has 0 bridgehead atoms. The fourth-order valence-corrected chi connectivity index (χ4v) is 4.61. The molecule has 3 aromatic rings. The molecule has 36 heavy (non-hydrogen) atoms. The van der Waals surface area contributed by atoms with E-state index in [9.17, 15) is 9.59 Å². The Hall–Kier alpha value is -3.64. The molecule has 1 atom stereocenters. The Morgan fingerprint density at radius 1 is 0.972 bits per heavy atom.